The summed E-state index contributed by atoms with van der Waals surface area (Å²) in [5, 5.41) is 0. The fourth-order valence-electron chi connectivity index (χ4n) is 1.83. The van der Waals surface area contributed by atoms with Gasteiger partial charge in [-0.1, -0.05) is 0 Å². The van der Waals surface area contributed by atoms with Crippen molar-refractivity contribution in [3.63, 3.8) is 0 Å². The van der Waals surface area contributed by atoms with Crippen LogP contribution in [0.2, 0.25) is 0 Å². The second-order valence-electron chi connectivity index (χ2n) is 4.14. The van der Waals surface area contributed by atoms with Crippen molar-refractivity contribution in [1.29, 1.82) is 0 Å². The van der Waals surface area contributed by atoms with Gasteiger partial charge in [-0.15, -0.1) is 0 Å². The maximum absolute atomic E-state index is 14.0. The van der Waals surface area contributed by atoms with E-state index in [0.717, 1.165) is 0 Å². The molecule has 118 valence electrons. The Morgan fingerprint density at radius 3 is 2.10 bits per heavy atom. The Morgan fingerprint density at radius 2 is 1.71 bits per heavy atom. The summed E-state index contributed by atoms with van der Waals surface area (Å²) in [7, 11) is 4.33. The molecule has 0 saturated heterocycles. The minimum atomic E-state index is -1.98. The molecule has 21 heavy (non-hydrogen) atoms. The highest BCUT2D eigenvalue weighted by Crippen LogP contribution is 2.40. The first-order chi connectivity index (χ1) is 9.99. The molecule has 0 aliphatic rings. The van der Waals surface area contributed by atoms with Gasteiger partial charge in [-0.2, -0.15) is 0 Å². The predicted octanol–water partition coefficient (Wildman–Crippen LogP) is 1.61. The summed E-state index contributed by atoms with van der Waals surface area (Å²) in [4.78, 5) is 11.4. The van der Waals surface area contributed by atoms with Gasteiger partial charge in [0.15, 0.2) is 11.5 Å². The van der Waals surface area contributed by atoms with Crippen molar-refractivity contribution in [2.45, 2.75) is 19.1 Å². The highest BCUT2D eigenvalue weighted by molar-refractivity contribution is 5.76. The predicted molar refractivity (Wildman–Crippen MR) is 74.6 cm³/mol. The summed E-state index contributed by atoms with van der Waals surface area (Å²) < 4.78 is 34.1. The zero-order chi connectivity index (χ0) is 16.0. The first kappa shape index (κ1) is 17.0. The number of rotatable bonds is 7. The van der Waals surface area contributed by atoms with Crippen molar-refractivity contribution < 1.29 is 28.1 Å². The molecule has 0 fully saturated rings. The van der Waals surface area contributed by atoms with Gasteiger partial charge in [0.25, 0.3) is 0 Å². The van der Waals surface area contributed by atoms with Gasteiger partial charge in [-0.25, -0.2) is 9.18 Å². The van der Waals surface area contributed by atoms with Crippen LogP contribution >= 0.6 is 0 Å². The lowest BCUT2D eigenvalue weighted by Crippen LogP contribution is -2.31. The summed E-state index contributed by atoms with van der Waals surface area (Å²) in [6.45, 7) is 1.68. The monoisotopic (exact) mass is 301 g/mol. The van der Waals surface area contributed by atoms with E-state index in [4.69, 9.17) is 19.9 Å². The van der Waals surface area contributed by atoms with E-state index in [1.165, 1.54) is 33.5 Å². The number of ether oxygens (including phenoxy) is 4. The van der Waals surface area contributed by atoms with Crippen LogP contribution in [0, 0.1) is 0 Å². The van der Waals surface area contributed by atoms with E-state index in [2.05, 4.69) is 4.74 Å². The second-order valence-corrected chi connectivity index (χ2v) is 4.14. The molecule has 1 rings (SSSR count). The summed E-state index contributed by atoms with van der Waals surface area (Å²) in [6.07, 6.45) is -1.98. The van der Waals surface area contributed by atoms with Crippen molar-refractivity contribution in [3.8, 4) is 17.2 Å². The van der Waals surface area contributed by atoms with Crippen LogP contribution in [0.4, 0.5) is 4.39 Å². The smallest absolute Gasteiger partial charge is 0.342 e. The van der Waals surface area contributed by atoms with E-state index >= 15 is 0 Å². The van der Waals surface area contributed by atoms with Gasteiger partial charge in [0.2, 0.25) is 11.9 Å². The second kappa shape index (κ2) is 7.68. The third kappa shape index (κ3) is 3.75. The quantitative estimate of drug-likeness (QED) is 0.771. The third-order valence-electron chi connectivity index (χ3n) is 2.90. The van der Waals surface area contributed by atoms with Crippen LogP contribution < -0.4 is 19.9 Å². The molecule has 0 spiro atoms. The fourth-order valence-corrected chi connectivity index (χ4v) is 1.83. The number of hydrogen-bond acceptors (Lipinski definition) is 6. The molecule has 1 unspecified atom stereocenters. The highest BCUT2D eigenvalue weighted by atomic mass is 19.1. The largest absolute Gasteiger partial charge is 0.493 e. The summed E-state index contributed by atoms with van der Waals surface area (Å²) in [5.41, 5.74) is 6.12. The average Bonchev–Trinajstić information content (AvgIpc) is 2.51. The Balaban J connectivity index is 3.15. The van der Waals surface area contributed by atoms with Gasteiger partial charge in [0.05, 0.1) is 34.0 Å². The van der Waals surface area contributed by atoms with Crippen molar-refractivity contribution in [3.05, 3.63) is 17.7 Å². The Bertz CT molecular complexity index is 469. The minimum Gasteiger partial charge on any atom is -0.493 e. The number of nitrogens with two attached hydrogens (primary N) is 1. The van der Waals surface area contributed by atoms with Crippen molar-refractivity contribution in [1.82, 2.24) is 0 Å². The van der Waals surface area contributed by atoms with Gasteiger partial charge in [0.1, 0.15) is 0 Å². The molecule has 0 aliphatic heterocycles. The lowest BCUT2D eigenvalue weighted by Gasteiger charge is -2.19. The van der Waals surface area contributed by atoms with Crippen LogP contribution in [0.15, 0.2) is 12.1 Å². The van der Waals surface area contributed by atoms with Crippen molar-refractivity contribution >= 4 is 5.97 Å². The first-order valence-corrected chi connectivity index (χ1v) is 6.36. The molecule has 0 heterocycles. The highest BCUT2D eigenvalue weighted by Gasteiger charge is 2.29. The Morgan fingerprint density at radius 1 is 1.19 bits per heavy atom. The van der Waals surface area contributed by atoms with Gasteiger partial charge >= 0.3 is 5.97 Å². The summed E-state index contributed by atoms with van der Waals surface area (Å²) in [5.74, 6) is 0.0259. The van der Waals surface area contributed by atoms with E-state index < -0.39 is 18.2 Å². The standard InChI is InChI=1S/C14H20FNO5/c1-5-21-14(17)11(15)12(16)8-6-9(18-2)13(20-4)10(7-8)19-3/h6-7,11-12H,5,16H2,1-4H3/t11?,12-/m1/s1. The molecule has 1 aromatic carbocycles. The Labute approximate surface area is 122 Å². The lowest BCUT2D eigenvalue weighted by molar-refractivity contribution is -0.149. The van der Waals surface area contributed by atoms with Gasteiger partial charge in [-0.05, 0) is 24.6 Å². The van der Waals surface area contributed by atoms with E-state index in [0.29, 0.717) is 22.8 Å². The number of hydrogen-bond donors (Lipinski definition) is 1. The van der Waals surface area contributed by atoms with Crippen LogP contribution in [-0.2, 0) is 9.53 Å². The number of esters is 1. The number of alkyl halides is 1. The molecule has 0 aromatic heterocycles. The molecular weight excluding hydrogens is 281 g/mol. The summed E-state index contributed by atoms with van der Waals surface area (Å²) in [6, 6.07) is 1.80. The average molecular weight is 301 g/mol. The van der Waals surface area contributed by atoms with E-state index in [1.54, 1.807) is 6.92 Å². The lowest BCUT2D eigenvalue weighted by atomic mass is 10.0. The van der Waals surface area contributed by atoms with Crippen LogP contribution in [0.1, 0.15) is 18.5 Å². The Hall–Kier alpha value is -2.02. The first-order valence-electron chi connectivity index (χ1n) is 6.36. The number of carbonyl (C=O) groups is 1. The number of carbonyl (C=O) groups excluding carboxylic acids is 1. The molecular formula is C14H20FNO5. The molecule has 2 atom stereocenters. The van der Waals surface area contributed by atoms with Crippen LogP contribution in [0.25, 0.3) is 0 Å². The van der Waals surface area contributed by atoms with E-state index in [9.17, 15) is 9.18 Å². The zero-order valence-corrected chi connectivity index (χ0v) is 12.5. The van der Waals surface area contributed by atoms with Crippen LogP contribution in [0.5, 0.6) is 17.2 Å². The fraction of sp³-hybridized carbons (Fsp3) is 0.500. The SMILES string of the molecule is CCOC(=O)C(F)[C@H](N)c1cc(OC)c(OC)c(OC)c1. The number of methoxy groups -OCH3 is 3. The molecule has 0 saturated carbocycles. The van der Waals surface area contributed by atoms with E-state index in [-0.39, 0.29) is 6.61 Å². The van der Waals surface area contributed by atoms with Gasteiger partial charge in [-0.3, -0.25) is 0 Å². The molecule has 0 radical (unpaired) electrons. The molecule has 1 aromatic rings. The Kier molecular flexibility index (Phi) is 6.23. The molecule has 0 aliphatic carbocycles. The molecule has 7 heteroatoms. The van der Waals surface area contributed by atoms with Crippen LogP contribution in [0.3, 0.4) is 0 Å². The zero-order valence-electron chi connectivity index (χ0n) is 12.5. The maximum Gasteiger partial charge on any atom is 0.342 e. The van der Waals surface area contributed by atoms with E-state index in [1.807, 2.05) is 0 Å². The maximum atomic E-state index is 14.0. The summed E-state index contributed by atoms with van der Waals surface area (Å²) >= 11 is 0. The third-order valence-corrected chi connectivity index (χ3v) is 2.90. The van der Waals surface area contributed by atoms with Gasteiger partial charge < -0.3 is 24.7 Å². The minimum absolute atomic E-state index is 0.0846. The normalized spacial score (nSPS) is 13.2. The topological polar surface area (TPSA) is 80.0 Å². The van der Waals surface area contributed by atoms with Crippen LogP contribution in [-0.4, -0.2) is 40.1 Å². The molecule has 0 bridgehead atoms. The number of halogens is 1. The molecule has 2 N–H and O–H groups in total. The molecule has 0 amide bonds. The molecule has 6 nitrogen and oxygen atoms in total. The van der Waals surface area contributed by atoms with Gasteiger partial charge in [0, 0.05) is 0 Å². The van der Waals surface area contributed by atoms with Crippen molar-refractivity contribution in [2.75, 3.05) is 27.9 Å². The number of benzene rings is 1. The van der Waals surface area contributed by atoms with Crippen molar-refractivity contribution in [2.24, 2.45) is 5.73 Å².